The molecule has 1 aromatic carbocycles. The Hall–Kier alpha value is -1.32. The Balaban J connectivity index is 1.76. The van der Waals surface area contributed by atoms with E-state index >= 15 is 0 Å². The van der Waals surface area contributed by atoms with Crippen molar-refractivity contribution in [3.63, 3.8) is 0 Å². The monoisotopic (exact) mass is 246 g/mol. The molecule has 0 saturated carbocycles. The molecule has 0 bridgehead atoms. The lowest BCUT2D eigenvalue weighted by Crippen LogP contribution is -2.46. The van der Waals surface area contributed by atoms with E-state index in [1.165, 1.54) is 5.56 Å². The fraction of sp³-hybridized carbons (Fsp3) is 0.467. The Bertz CT molecular complexity index is 438. The molecule has 0 amide bonds. The topological polar surface area (TPSA) is 27.7 Å². The van der Waals surface area contributed by atoms with Crippen LogP contribution in [0.4, 0.5) is 0 Å². The van der Waals surface area contributed by atoms with Crippen molar-refractivity contribution in [3.8, 4) is 0 Å². The van der Waals surface area contributed by atoms with Crippen LogP contribution in [0.25, 0.3) is 0 Å². The number of aryl methyl sites for hydroxylation is 1. The summed E-state index contributed by atoms with van der Waals surface area (Å²) in [5.41, 5.74) is 2.31. The summed E-state index contributed by atoms with van der Waals surface area (Å²) < 4.78 is 17.3. The third-order valence-electron chi connectivity index (χ3n) is 3.56. The van der Waals surface area contributed by atoms with Crippen LogP contribution in [0.15, 0.2) is 36.6 Å². The van der Waals surface area contributed by atoms with Gasteiger partial charge in [-0.25, -0.2) is 0 Å². The minimum absolute atomic E-state index is 0.0201. The average molecular weight is 246 g/mol. The van der Waals surface area contributed by atoms with Crippen molar-refractivity contribution < 1.29 is 14.2 Å². The van der Waals surface area contributed by atoms with Gasteiger partial charge in [-0.2, -0.15) is 0 Å². The third kappa shape index (κ3) is 2.16. The van der Waals surface area contributed by atoms with Gasteiger partial charge in [0, 0.05) is 11.5 Å². The smallest absolute Gasteiger partial charge is 0.184 e. The second-order valence-corrected chi connectivity index (χ2v) is 5.04. The van der Waals surface area contributed by atoms with Gasteiger partial charge in [-0.05, 0) is 13.0 Å². The van der Waals surface area contributed by atoms with E-state index in [0.717, 1.165) is 5.56 Å². The zero-order valence-corrected chi connectivity index (χ0v) is 10.7. The second kappa shape index (κ2) is 4.75. The van der Waals surface area contributed by atoms with E-state index in [2.05, 4.69) is 38.1 Å². The van der Waals surface area contributed by atoms with Crippen molar-refractivity contribution in [3.05, 3.63) is 47.7 Å². The largest absolute Gasteiger partial charge is 0.493 e. The van der Waals surface area contributed by atoms with Crippen LogP contribution in [0, 0.1) is 12.8 Å². The molecule has 3 nitrogen and oxygen atoms in total. The van der Waals surface area contributed by atoms with Gasteiger partial charge in [0.05, 0.1) is 12.9 Å². The highest BCUT2D eigenvalue weighted by molar-refractivity contribution is 5.22. The number of ether oxygens (including phenoxy) is 3. The number of hydrogen-bond donors (Lipinski definition) is 0. The van der Waals surface area contributed by atoms with E-state index in [0.29, 0.717) is 12.5 Å². The second-order valence-electron chi connectivity index (χ2n) is 5.04. The van der Waals surface area contributed by atoms with Crippen LogP contribution in [0.5, 0.6) is 0 Å². The predicted octanol–water partition coefficient (Wildman–Crippen LogP) is 2.96. The summed E-state index contributed by atoms with van der Waals surface area (Å²) in [5.74, 6) is 0.362. The molecule has 2 heterocycles. The van der Waals surface area contributed by atoms with E-state index in [-0.39, 0.29) is 18.5 Å². The van der Waals surface area contributed by atoms with Crippen LogP contribution < -0.4 is 0 Å². The van der Waals surface area contributed by atoms with Crippen molar-refractivity contribution in [2.45, 2.75) is 32.3 Å². The molecular weight excluding hydrogens is 228 g/mol. The van der Waals surface area contributed by atoms with Crippen LogP contribution in [0.2, 0.25) is 0 Å². The minimum Gasteiger partial charge on any atom is -0.493 e. The van der Waals surface area contributed by atoms with E-state index < -0.39 is 0 Å². The molecule has 4 atom stereocenters. The Morgan fingerprint density at radius 3 is 2.72 bits per heavy atom. The zero-order valence-electron chi connectivity index (χ0n) is 10.7. The fourth-order valence-corrected chi connectivity index (χ4v) is 2.40. The van der Waals surface area contributed by atoms with Crippen molar-refractivity contribution in [2.75, 3.05) is 6.61 Å². The van der Waals surface area contributed by atoms with E-state index in [9.17, 15) is 0 Å². The average Bonchev–Trinajstić information content (AvgIpc) is 2.40. The highest BCUT2D eigenvalue weighted by Crippen LogP contribution is 2.33. The first-order chi connectivity index (χ1) is 8.74. The SMILES string of the molecule is Cc1ccc(C2OCC3OC=CC(C)C3O2)cc1. The maximum absolute atomic E-state index is 6.03. The predicted molar refractivity (Wildman–Crippen MR) is 67.9 cm³/mol. The molecule has 0 aromatic heterocycles. The molecular formula is C15H18O3. The molecule has 2 aliphatic heterocycles. The van der Waals surface area contributed by atoms with Crippen LogP contribution in [0.1, 0.15) is 24.3 Å². The summed E-state index contributed by atoms with van der Waals surface area (Å²) in [4.78, 5) is 0. The summed E-state index contributed by atoms with van der Waals surface area (Å²) in [6, 6.07) is 8.28. The lowest BCUT2D eigenvalue weighted by Gasteiger charge is -2.40. The Kier molecular flexibility index (Phi) is 3.10. The van der Waals surface area contributed by atoms with Gasteiger partial charge in [-0.15, -0.1) is 0 Å². The van der Waals surface area contributed by atoms with E-state index in [1.54, 1.807) is 6.26 Å². The Morgan fingerprint density at radius 2 is 1.94 bits per heavy atom. The molecule has 18 heavy (non-hydrogen) atoms. The van der Waals surface area contributed by atoms with Crippen molar-refractivity contribution in [2.24, 2.45) is 5.92 Å². The molecule has 0 spiro atoms. The minimum atomic E-state index is -0.274. The highest BCUT2D eigenvalue weighted by atomic mass is 16.7. The Labute approximate surface area is 107 Å². The summed E-state index contributed by atoms with van der Waals surface area (Å²) >= 11 is 0. The van der Waals surface area contributed by atoms with Gasteiger partial charge < -0.3 is 14.2 Å². The maximum Gasteiger partial charge on any atom is 0.184 e. The van der Waals surface area contributed by atoms with Crippen LogP contribution in [-0.4, -0.2) is 18.8 Å². The molecule has 96 valence electrons. The lowest BCUT2D eigenvalue weighted by molar-refractivity contribution is -0.268. The first-order valence-corrected chi connectivity index (χ1v) is 6.40. The molecule has 1 fully saturated rings. The molecule has 3 heteroatoms. The number of fused-ring (bicyclic) bond motifs is 1. The molecule has 2 aliphatic rings. The van der Waals surface area contributed by atoms with E-state index in [1.807, 2.05) is 6.08 Å². The molecule has 0 N–H and O–H groups in total. The first-order valence-electron chi connectivity index (χ1n) is 6.40. The molecule has 0 radical (unpaired) electrons. The number of hydrogen-bond acceptors (Lipinski definition) is 3. The third-order valence-corrected chi connectivity index (χ3v) is 3.56. The summed E-state index contributed by atoms with van der Waals surface area (Å²) in [7, 11) is 0. The van der Waals surface area contributed by atoms with Crippen LogP contribution in [-0.2, 0) is 14.2 Å². The molecule has 1 aromatic rings. The van der Waals surface area contributed by atoms with Gasteiger partial charge >= 0.3 is 0 Å². The fourth-order valence-electron chi connectivity index (χ4n) is 2.40. The first kappa shape index (κ1) is 11.8. The summed E-state index contributed by atoms with van der Waals surface area (Å²) in [5, 5.41) is 0. The van der Waals surface area contributed by atoms with Crippen molar-refractivity contribution in [1.82, 2.24) is 0 Å². The van der Waals surface area contributed by atoms with Crippen LogP contribution in [0.3, 0.4) is 0 Å². The van der Waals surface area contributed by atoms with E-state index in [4.69, 9.17) is 14.2 Å². The number of rotatable bonds is 1. The van der Waals surface area contributed by atoms with Gasteiger partial charge in [0.2, 0.25) is 0 Å². The molecule has 0 aliphatic carbocycles. The quantitative estimate of drug-likeness (QED) is 0.762. The normalized spacial score (nSPS) is 34.8. The van der Waals surface area contributed by atoms with Gasteiger partial charge in [0.15, 0.2) is 6.29 Å². The van der Waals surface area contributed by atoms with Gasteiger partial charge in [-0.1, -0.05) is 36.8 Å². The summed E-state index contributed by atoms with van der Waals surface area (Å²) in [6.07, 6.45) is 3.62. The molecule has 4 unspecified atom stereocenters. The maximum atomic E-state index is 6.03. The lowest BCUT2D eigenvalue weighted by atomic mass is 9.97. The standard InChI is InChI=1S/C15H18O3/c1-10-3-5-12(6-4-10)15-17-9-13-14(18-15)11(2)7-8-16-13/h3-8,11,13-15H,9H2,1-2H3. The highest BCUT2D eigenvalue weighted by Gasteiger charge is 2.38. The molecule has 3 rings (SSSR count). The van der Waals surface area contributed by atoms with Crippen molar-refractivity contribution >= 4 is 0 Å². The van der Waals surface area contributed by atoms with Gasteiger partial charge in [0.1, 0.15) is 12.2 Å². The zero-order chi connectivity index (χ0) is 12.5. The van der Waals surface area contributed by atoms with Gasteiger partial charge in [-0.3, -0.25) is 0 Å². The Morgan fingerprint density at radius 1 is 1.17 bits per heavy atom. The van der Waals surface area contributed by atoms with Gasteiger partial charge in [0.25, 0.3) is 0 Å². The van der Waals surface area contributed by atoms with Crippen LogP contribution >= 0.6 is 0 Å². The molecule has 1 saturated heterocycles. The summed E-state index contributed by atoms with van der Waals surface area (Å²) in [6.45, 7) is 4.80. The van der Waals surface area contributed by atoms with Crippen molar-refractivity contribution in [1.29, 1.82) is 0 Å². The number of benzene rings is 1.